The minimum absolute atomic E-state index is 0.234. The van der Waals surface area contributed by atoms with Gasteiger partial charge in [-0.25, -0.2) is 0 Å². The minimum atomic E-state index is 0.234. The number of nitrogens with zero attached hydrogens (tertiary/aromatic N) is 3. The molecule has 0 bridgehead atoms. The number of aromatic nitrogens is 2. The van der Waals surface area contributed by atoms with Crippen LogP contribution >= 0.6 is 0 Å². The third-order valence-electron chi connectivity index (χ3n) is 3.59. The van der Waals surface area contributed by atoms with Gasteiger partial charge in [0.25, 0.3) is 0 Å². The van der Waals surface area contributed by atoms with Crippen molar-refractivity contribution in [3.8, 4) is 0 Å². The van der Waals surface area contributed by atoms with Gasteiger partial charge in [-0.15, -0.1) is 0 Å². The second-order valence-electron chi connectivity index (χ2n) is 4.96. The Morgan fingerprint density at radius 2 is 2.29 bits per heavy atom. The molecule has 2 heterocycles. The Balaban J connectivity index is 2.00. The Kier molecular flexibility index (Phi) is 3.62. The van der Waals surface area contributed by atoms with E-state index in [1.165, 1.54) is 5.69 Å². The highest BCUT2D eigenvalue weighted by atomic mass is 16.1. The van der Waals surface area contributed by atoms with Gasteiger partial charge >= 0.3 is 0 Å². The third kappa shape index (κ3) is 2.75. The molecule has 1 aliphatic heterocycles. The second kappa shape index (κ2) is 5.00. The van der Waals surface area contributed by atoms with Gasteiger partial charge in [-0.3, -0.25) is 14.4 Å². The van der Waals surface area contributed by atoms with E-state index in [4.69, 9.17) is 0 Å². The van der Waals surface area contributed by atoms with Crippen LogP contribution in [0.1, 0.15) is 31.2 Å². The fourth-order valence-corrected chi connectivity index (χ4v) is 2.52. The molecule has 4 nitrogen and oxygen atoms in total. The largest absolute Gasteiger partial charge is 0.299 e. The molecule has 0 aliphatic carbocycles. The molecule has 94 valence electrons. The van der Waals surface area contributed by atoms with Crippen molar-refractivity contribution in [3.05, 3.63) is 17.5 Å². The predicted molar refractivity (Wildman–Crippen MR) is 66.6 cm³/mol. The summed E-state index contributed by atoms with van der Waals surface area (Å²) >= 11 is 0. The molecule has 1 aliphatic rings. The van der Waals surface area contributed by atoms with Crippen molar-refractivity contribution in [2.24, 2.45) is 13.0 Å². The SMILES string of the molecule is CCC1CN(Cc2cc(C)nn2C)CCC1=O. The summed E-state index contributed by atoms with van der Waals surface area (Å²) in [4.78, 5) is 14.0. The van der Waals surface area contributed by atoms with Crippen LogP contribution in [0.15, 0.2) is 6.07 Å². The van der Waals surface area contributed by atoms with E-state index in [2.05, 4.69) is 23.0 Å². The monoisotopic (exact) mass is 235 g/mol. The number of Topliss-reactive ketones (excluding diaryl/α,β-unsaturated/α-hetero) is 1. The van der Waals surface area contributed by atoms with Gasteiger partial charge in [0, 0.05) is 39.0 Å². The van der Waals surface area contributed by atoms with E-state index < -0.39 is 0 Å². The lowest BCUT2D eigenvalue weighted by Crippen LogP contribution is -2.40. The summed E-state index contributed by atoms with van der Waals surface area (Å²) in [5.74, 6) is 0.669. The summed E-state index contributed by atoms with van der Waals surface area (Å²) in [6.07, 6.45) is 1.66. The Bertz CT molecular complexity index is 411. The summed E-state index contributed by atoms with van der Waals surface area (Å²) in [6, 6.07) is 2.12. The number of piperidine rings is 1. The van der Waals surface area contributed by atoms with Gasteiger partial charge in [0.1, 0.15) is 5.78 Å². The number of carbonyl (C=O) groups is 1. The maximum absolute atomic E-state index is 11.7. The lowest BCUT2D eigenvalue weighted by molar-refractivity contribution is -0.126. The van der Waals surface area contributed by atoms with Crippen molar-refractivity contribution in [1.29, 1.82) is 0 Å². The van der Waals surface area contributed by atoms with Crippen molar-refractivity contribution in [1.82, 2.24) is 14.7 Å². The maximum atomic E-state index is 11.7. The highest BCUT2D eigenvalue weighted by Crippen LogP contribution is 2.18. The van der Waals surface area contributed by atoms with Gasteiger partial charge in [-0.1, -0.05) is 6.92 Å². The molecule has 0 N–H and O–H groups in total. The molecule has 1 unspecified atom stereocenters. The summed E-state index contributed by atoms with van der Waals surface area (Å²) in [6.45, 7) is 6.80. The van der Waals surface area contributed by atoms with Crippen LogP contribution in [-0.2, 0) is 18.4 Å². The number of rotatable bonds is 3. The average Bonchev–Trinajstić information content (AvgIpc) is 2.60. The molecular weight excluding hydrogens is 214 g/mol. The highest BCUT2D eigenvalue weighted by molar-refractivity contribution is 5.82. The van der Waals surface area contributed by atoms with Crippen molar-refractivity contribution < 1.29 is 4.79 Å². The second-order valence-corrected chi connectivity index (χ2v) is 4.96. The smallest absolute Gasteiger partial charge is 0.138 e. The van der Waals surface area contributed by atoms with Crippen LogP contribution in [0.25, 0.3) is 0 Å². The quantitative estimate of drug-likeness (QED) is 0.797. The molecule has 17 heavy (non-hydrogen) atoms. The molecule has 1 fully saturated rings. The fourth-order valence-electron chi connectivity index (χ4n) is 2.52. The summed E-state index contributed by atoms with van der Waals surface area (Å²) in [7, 11) is 1.98. The first kappa shape index (κ1) is 12.3. The topological polar surface area (TPSA) is 38.1 Å². The van der Waals surface area contributed by atoms with Crippen molar-refractivity contribution in [2.45, 2.75) is 33.2 Å². The Hall–Kier alpha value is -1.16. The predicted octanol–water partition coefficient (Wildman–Crippen LogP) is 1.53. The number of hydrogen-bond donors (Lipinski definition) is 0. The Morgan fingerprint density at radius 1 is 1.53 bits per heavy atom. The minimum Gasteiger partial charge on any atom is -0.299 e. The van der Waals surface area contributed by atoms with E-state index in [-0.39, 0.29) is 5.92 Å². The van der Waals surface area contributed by atoms with Crippen LogP contribution in [0.4, 0.5) is 0 Å². The summed E-state index contributed by atoms with van der Waals surface area (Å²) in [5, 5.41) is 4.35. The number of hydrogen-bond acceptors (Lipinski definition) is 3. The molecule has 1 aromatic rings. The van der Waals surface area contributed by atoms with Crippen LogP contribution in [0.2, 0.25) is 0 Å². The van der Waals surface area contributed by atoms with Crippen LogP contribution in [0, 0.1) is 12.8 Å². The van der Waals surface area contributed by atoms with E-state index >= 15 is 0 Å². The molecule has 0 spiro atoms. The van der Waals surface area contributed by atoms with Crippen LogP contribution in [0.3, 0.4) is 0 Å². The summed E-state index contributed by atoms with van der Waals surface area (Å²) in [5.41, 5.74) is 2.29. The number of likely N-dealkylation sites (tertiary alicyclic amines) is 1. The number of carbonyl (C=O) groups excluding carboxylic acids is 1. The van der Waals surface area contributed by atoms with Crippen LogP contribution < -0.4 is 0 Å². The summed E-state index contributed by atoms with van der Waals surface area (Å²) < 4.78 is 1.94. The first-order valence-corrected chi connectivity index (χ1v) is 6.34. The molecule has 1 atom stereocenters. The van der Waals surface area contributed by atoms with Crippen LogP contribution in [0.5, 0.6) is 0 Å². The van der Waals surface area contributed by atoms with E-state index in [9.17, 15) is 4.79 Å². The molecule has 1 saturated heterocycles. The van der Waals surface area contributed by atoms with Gasteiger partial charge in [-0.05, 0) is 19.4 Å². The van der Waals surface area contributed by atoms with E-state index in [0.717, 1.165) is 31.7 Å². The van der Waals surface area contributed by atoms with E-state index in [1.54, 1.807) is 0 Å². The molecule has 0 saturated carbocycles. The lowest BCUT2D eigenvalue weighted by atomic mass is 9.94. The highest BCUT2D eigenvalue weighted by Gasteiger charge is 2.25. The van der Waals surface area contributed by atoms with Gasteiger partial charge < -0.3 is 0 Å². The van der Waals surface area contributed by atoms with Crippen molar-refractivity contribution in [2.75, 3.05) is 13.1 Å². The van der Waals surface area contributed by atoms with Gasteiger partial charge in [0.2, 0.25) is 0 Å². The number of ketones is 1. The zero-order valence-corrected chi connectivity index (χ0v) is 10.9. The van der Waals surface area contributed by atoms with Crippen molar-refractivity contribution >= 4 is 5.78 Å². The molecular formula is C13H21N3O. The Morgan fingerprint density at radius 3 is 2.88 bits per heavy atom. The third-order valence-corrected chi connectivity index (χ3v) is 3.59. The average molecular weight is 235 g/mol. The maximum Gasteiger partial charge on any atom is 0.138 e. The zero-order chi connectivity index (χ0) is 12.4. The fraction of sp³-hybridized carbons (Fsp3) is 0.692. The molecule has 0 radical (unpaired) electrons. The first-order chi connectivity index (χ1) is 8.10. The first-order valence-electron chi connectivity index (χ1n) is 6.34. The number of aryl methyl sites for hydroxylation is 2. The van der Waals surface area contributed by atoms with Gasteiger partial charge in [-0.2, -0.15) is 5.10 Å². The standard InChI is InChI=1S/C13H21N3O/c1-4-11-8-16(6-5-13(11)17)9-12-7-10(2)14-15(12)3/h7,11H,4-6,8-9H2,1-3H3. The van der Waals surface area contributed by atoms with Crippen molar-refractivity contribution in [3.63, 3.8) is 0 Å². The lowest BCUT2D eigenvalue weighted by Gasteiger charge is -2.31. The normalized spacial score (nSPS) is 22.1. The molecule has 4 heteroatoms. The van der Waals surface area contributed by atoms with Crippen LogP contribution in [-0.4, -0.2) is 33.6 Å². The molecule has 0 amide bonds. The molecule has 2 rings (SSSR count). The van der Waals surface area contributed by atoms with E-state index in [0.29, 0.717) is 12.2 Å². The Labute approximate surface area is 103 Å². The molecule has 1 aromatic heterocycles. The molecule has 0 aromatic carbocycles. The van der Waals surface area contributed by atoms with Gasteiger partial charge in [0.15, 0.2) is 0 Å². The zero-order valence-electron chi connectivity index (χ0n) is 10.9. The van der Waals surface area contributed by atoms with E-state index in [1.807, 2.05) is 18.7 Å². The van der Waals surface area contributed by atoms with Gasteiger partial charge in [0.05, 0.1) is 11.4 Å².